The highest BCUT2D eigenvalue weighted by Gasteiger charge is 2.12. The molecule has 0 spiro atoms. The molecule has 8 nitrogen and oxygen atoms in total. The largest absolute Gasteiger partial charge is 0.457 e. The van der Waals surface area contributed by atoms with Crippen molar-refractivity contribution in [2.24, 2.45) is 0 Å². The summed E-state index contributed by atoms with van der Waals surface area (Å²) in [6, 6.07) is 13.1. The van der Waals surface area contributed by atoms with Gasteiger partial charge in [-0.25, -0.2) is 9.59 Å². The minimum Gasteiger partial charge on any atom is -0.457 e. The first-order valence-electron chi connectivity index (χ1n) is 12.3. The van der Waals surface area contributed by atoms with Gasteiger partial charge < -0.3 is 29.2 Å². The van der Waals surface area contributed by atoms with Crippen LogP contribution in [0.25, 0.3) is 11.1 Å². The van der Waals surface area contributed by atoms with Crippen molar-refractivity contribution < 1.29 is 38.7 Å². The molecule has 0 aliphatic carbocycles. The summed E-state index contributed by atoms with van der Waals surface area (Å²) in [5, 5.41) is 17.9. The normalized spacial score (nSPS) is 10.5. The first-order chi connectivity index (χ1) is 17.9. The van der Waals surface area contributed by atoms with Gasteiger partial charge in [-0.15, -0.1) is 0 Å². The van der Waals surface area contributed by atoms with Gasteiger partial charge in [0.25, 0.3) is 0 Å². The van der Waals surface area contributed by atoms with E-state index in [4.69, 9.17) is 29.2 Å². The molecule has 0 bridgehead atoms. The van der Waals surface area contributed by atoms with Crippen molar-refractivity contribution in [3.05, 3.63) is 72.3 Å². The molecule has 2 rings (SSSR count). The Balaban J connectivity index is 2.16. The van der Waals surface area contributed by atoms with E-state index in [1.807, 2.05) is 36.4 Å². The summed E-state index contributed by atoms with van der Waals surface area (Å²) < 4.78 is 21.1. The van der Waals surface area contributed by atoms with Gasteiger partial charge in [-0.1, -0.05) is 64.0 Å². The summed E-state index contributed by atoms with van der Waals surface area (Å²) >= 11 is 0. The molecule has 0 aromatic heterocycles. The van der Waals surface area contributed by atoms with Crippen LogP contribution in [0.15, 0.2) is 66.8 Å². The van der Waals surface area contributed by atoms with Crippen LogP contribution in [0.5, 0.6) is 11.5 Å². The number of hydrogen-bond donors (Lipinski definition) is 2. The van der Waals surface area contributed by atoms with Crippen LogP contribution in [-0.2, 0) is 25.5 Å². The maximum atomic E-state index is 11.7. The van der Waals surface area contributed by atoms with Crippen molar-refractivity contribution in [1.82, 2.24) is 0 Å². The topological polar surface area (TPSA) is 112 Å². The van der Waals surface area contributed by atoms with Crippen LogP contribution in [0, 0.1) is 0 Å². The summed E-state index contributed by atoms with van der Waals surface area (Å²) in [5.74, 6) is -0.442. The summed E-state index contributed by atoms with van der Waals surface area (Å²) in [4.78, 5) is 23.4. The Morgan fingerprint density at radius 1 is 0.784 bits per heavy atom. The zero-order chi connectivity index (χ0) is 27.0. The molecular weight excluding hydrogens is 476 g/mol. The van der Waals surface area contributed by atoms with E-state index in [2.05, 4.69) is 20.1 Å². The Morgan fingerprint density at radius 2 is 1.38 bits per heavy atom. The number of hydrogen-bond acceptors (Lipinski definition) is 8. The molecule has 2 aromatic carbocycles. The summed E-state index contributed by atoms with van der Waals surface area (Å²) in [6.07, 6.45) is 6.68. The molecule has 200 valence electrons. The van der Waals surface area contributed by atoms with Gasteiger partial charge in [0.15, 0.2) is 0 Å². The lowest BCUT2D eigenvalue weighted by atomic mass is 9.95. The number of rotatable bonds is 17. The van der Waals surface area contributed by atoms with Gasteiger partial charge >= 0.3 is 11.9 Å². The SMILES string of the molecule is C=C(CO)C(=O)OCOc1cccc(-c2cc(OCOC(=O)C(=C)CO)ccc2CCCCCCC)c1. The number of esters is 2. The van der Waals surface area contributed by atoms with E-state index in [0.717, 1.165) is 36.0 Å². The first-order valence-corrected chi connectivity index (χ1v) is 12.3. The van der Waals surface area contributed by atoms with E-state index in [-0.39, 0.29) is 24.7 Å². The summed E-state index contributed by atoms with van der Waals surface area (Å²) in [7, 11) is 0. The van der Waals surface area contributed by atoms with Crippen LogP contribution in [0.2, 0.25) is 0 Å². The lowest BCUT2D eigenvalue weighted by Crippen LogP contribution is -2.14. The Labute approximate surface area is 218 Å². The molecule has 2 N–H and O–H groups in total. The molecule has 0 saturated heterocycles. The fraction of sp³-hybridized carbons (Fsp3) is 0.379. The number of carbonyl (C=O) groups is 2. The fourth-order valence-corrected chi connectivity index (χ4v) is 3.44. The van der Waals surface area contributed by atoms with E-state index in [9.17, 15) is 9.59 Å². The second-order valence-electron chi connectivity index (χ2n) is 8.42. The molecule has 0 aliphatic heterocycles. The zero-order valence-electron chi connectivity index (χ0n) is 21.4. The standard InChI is InChI=1S/C29H36O8/c1-4-5-6-7-8-10-23-13-14-26(35-20-37-29(33)22(3)18-31)16-27(23)24-11-9-12-25(15-24)34-19-36-28(32)21(2)17-30/h9,11-16,30-31H,2-8,10,17-20H2,1H3. The molecule has 8 heteroatoms. The molecule has 0 amide bonds. The van der Waals surface area contributed by atoms with E-state index in [1.165, 1.54) is 19.3 Å². The molecule has 0 saturated carbocycles. The number of aliphatic hydroxyl groups excluding tert-OH is 2. The number of aryl methyl sites for hydroxylation is 1. The van der Waals surface area contributed by atoms with Gasteiger partial charge in [0.05, 0.1) is 24.4 Å². The van der Waals surface area contributed by atoms with Crippen molar-refractivity contribution in [3.63, 3.8) is 0 Å². The van der Waals surface area contributed by atoms with Gasteiger partial charge in [0, 0.05) is 0 Å². The van der Waals surface area contributed by atoms with Crippen molar-refractivity contribution in [2.75, 3.05) is 26.8 Å². The van der Waals surface area contributed by atoms with Crippen LogP contribution in [0.1, 0.15) is 44.6 Å². The van der Waals surface area contributed by atoms with Crippen molar-refractivity contribution in [3.8, 4) is 22.6 Å². The lowest BCUT2D eigenvalue weighted by molar-refractivity contribution is -0.146. The lowest BCUT2D eigenvalue weighted by Gasteiger charge is -2.15. The number of ether oxygens (including phenoxy) is 4. The number of unbranched alkanes of at least 4 members (excludes halogenated alkanes) is 4. The highest BCUT2D eigenvalue weighted by Crippen LogP contribution is 2.32. The number of benzene rings is 2. The minimum atomic E-state index is -0.725. The highest BCUT2D eigenvalue weighted by atomic mass is 16.7. The van der Waals surface area contributed by atoms with Crippen LogP contribution < -0.4 is 9.47 Å². The van der Waals surface area contributed by atoms with Crippen LogP contribution in [-0.4, -0.2) is 49.0 Å². The Hall–Kier alpha value is -3.62. The molecule has 37 heavy (non-hydrogen) atoms. The summed E-state index contributed by atoms with van der Waals surface area (Å²) in [6.45, 7) is 7.43. The zero-order valence-corrected chi connectivity index (χ0v) is 21.4. The van der Waals surface area contributed by atoms with Gasteiger partial charge in [-0.2, -0.15) is 0 Å². The first kappa shape index (κ1) is 29.6. The van der Waals surface area contributed by atoms with E-state index in [1.54, 1.807) is 6.07 Å². The van der Waals surface area contributed by atoms with E-state index >= 15 is 0 Å². The number of aliphatic hydroxyl groups is 2. The predicted octanol–water partition coefficient (Wildman–Crippen LogP) is 4.72. The van der Waals surface area contributed by atoms with Gasteiger partial charge in [0.1, 0.15) is 11.5 Å². The average molecular weight is 513 g/mol. The van der Waals surface area contributed by atoms with Gasteiger partial charge in [0.2, 0.25) is 13.6 Å². The third kappa shape index (κ3) is 10.1. The van der Waals surface area contributed by atoms with Crippen LogP contribution in [0.4, 0.5) is 0 Å². The monoisotopic (exact) mass is 512 g/mol. The summed E-state index contributed by atoms with van der Waals surface area (Å²) in [5.41, 5.74) is 2.85. The smallest absolute Gasteiger partial charge is 0.338 e. The maximum Gasteiger partial charge on any atom is 0.338 e. The van der Waals surface area contributed by atoms with Crippen LogP contribution >= 0.6 is 0 Å². The molecule has 0 aliphatic rings. The van der Waals surface area contributed by atoms with Crippen LogP contribution in [0.3, 0.4) is 0 Å². The second kappa shape index (κ2) is 16.2. The molecule has 0 unspecified atom stereocenters. The van der Waals surface area contributed by atoms with Gasteiger partial charge in [-0.3, -0.25) is 0 Å². The molecule has 0 atom stereocenters. The molecule has 0 radical (unpaired) electrons. The molecule has 0 heterocycles. The van der Waals surface area contributed by atoms with E-state index < -0.39 is 25.2 Å². The minimum absolute atomic E-state index is 0.0501. The molecular formula is C29H36O8. The predicted molar refractivity (Wildman–Crippen MR) is 140 cm³/mol. The maximum absolute atomic E-state index is 11.7. The highest BCUT2D eigenvalue weighted by molar-refractivity contribution is 5.88. The Bertz CT molecular complexity index is 1060. The van der Waals surface area contributed by atoms with E-state index in [0.29, 0.717) is 11.5 Å². The van der Waals surface area contributed by atoms with Crippen molar-refractivity contribution in [2.45, 2.75) is 45.4 Å². The third-order valence-corrected chi connectivity index (χ3v) is 5.57. The number of carbonyl (C=O) groups excluding carboxylic acids is 2. The quantitative estimate of drug-likeness (QED) is 0.136. The van der Waals surface area contributed by atoms with Crippen molar-refractivity contribution in [1.29, 1.82) is 0 Å². The Morgan fingerprint density at radius 3 is 1.97 bits per heavy atom. The Kier molecular flexibility index (Phi) is 13.0. The fourth-order valence-electron chi connectivity index (χ4n) is 3.44. The molecule has 0 fully saturated rings. The van der Waals surface area contributed by atoms with Crippen molar-refractivity contribution >= 4 is 11.9 Å². The third-order valence-electron chi connectivity index (χ3n) is 5.57. The molecule has 2 aromatic rings. The average Bonchev–Trinajstić information content (AvgIpc) is 2.92. The second-order valence-corrected chi connectivity index (χ2v) is 8.42. The van der Waals surface area contributed by atoms with Gasteiger partial charge in [-0.05, 0) is 53.8 Å².